The lowest BCUT2D eigenvalue weighted by Crippen LogP contribution is -2.25. The molecule has 1 heterocycles. The number of aromatic nitrogens is 1. The first kappa shape index (κ1) is 10.6. The zero-order valence-corrected chi connectivity index (χ0v) is 9.09. The van der Waals surface area contributed by atoms with Gasteiger partial charge in [-0.15, -0.1) is 0 Å². The van der Waals surface area contributed by atoms with Crippen LogP contribution in [0.3, 0.4) is 0 Å². The molecule has 0 saturated heterocycles. The molecular formula is C11H9NO3S. The third-order valence-corrected chi connectivity index (χ3v) is 3.78. The second-order valence-electron chi connectivity index (χ2n) is 3.15. The van der Waals surface area contributed by atoms with E-state index in [2.05, 4.69) is 0 Å². The van der Waals surface area contributed by atoms with Gasteiger partial charge in [-0.05, 0) is 18.2 Å². The Hall–Kier alpha value is -1.88. The zero-order chi connectivity index (χ0) is 11.6. The van der Waals surface area contributed by atoms with Gasteiger partial charge in [0.05, 0.1) is 4.90 Å². The number of benzene rings is 1. The second-order valence-corrected chi connectivity index (χ2v) is 4.97. The van der Waals surface area contributed by atoms with E-state index in [1.807, 2.05) is 0 Å². The fourth-order valence-electron chi connectivity index (χ4n) is 1.32. The predicted octanol–water partition coefficient (Wildman–Crippen LogP) is 1.09. The summed E-state index contributed by atoms with van der Waals surface area (Å²) in [6.45, 7) is 0. The molecule has 0 saturated carbocycles. The molecule has 0 aliphatic carbocycles. The molecule has 4 nitrogen and oxygen atoms in total. The van der Waals surface area contributed by atoms with Crippen LogP contribution >= 0.6 is 0 Å². The van der Waals surface area contributed by atoms with E-state index < -0.39 is 15.6 Å². The lowest BCUT2D eigenvalue weighted by atomic mass is 10.4. The monoisotopic (exact) mass is 235 g/mol. The molecule has 82 valence electrons. The zero-order valence-electron chi connectivity index (χ0n) is 8.28. The maximum absolute atomic E-state index is 12.0. The summed E-state index contributed by atoms with van der Waals surface area (Å²) < 4.78 is 24.8. The Morgan fingerprint density at radius 1 is 0.875 bits per heavy atom. The topological polar surface area (TPSA) is 56.1 Å². The molecule has 0 amide bonds. The van der Waals surface area contributed by atoms with Crippen LogP contribution < -0.4 is 5.56 Å². The molecule has 1 aromatic heterocycles. The van der Waals surface area contributed by atoms with Crippen LogP contribution in [0.25, 0.3) is 0 Å². The van der Waals surface area contributed by atoms with Crippen molar-refractivity contribution < 1.29 is 8.42 Å². The van der Waals surface area contributed by atoms with Gasteiger partial charge in [0.25, 0.3) is 15.6 Å². The van der Waals surface area contributed by atoms with E-state index in [0.29, 0.717) is 0 Å². The summed E-state index contributed by atoms with van der Waals surface area (Å²) in [5.41, 5.74) is -0.564. The molecule has 0 radical (unpaired) electrons. The van der Waals surface area contributed by atoms with Gasteiger partial charge in [-0.25, -0.2) is 12.4 Å². The van der Waals surface area contributed by atoms with E-state index in [0.717, 1.165) is 3.97 Å². The summed E-state index contributed by atoms with van der Waals surface area (Å²) in [6.07, 6.45) is 1.24. The minimum atomic E-state index is -3.77. The molecule has 0 bridgehead atoms. The molecule has 0 spiro atoms. The van der Waals surface area contributed by atoms with Crippen LogP contribution in [0, 0.1) is 0 Å². The fraction of sp³-hybridized carbons (Fsp3) is 0. The third kappa shape index (κ3) is 1.77. The van der Waals surface area contributed by atoms with E-state index in [-0.39, 0.29) is 4.90 Å². The number of nitrogens with zero attached hydrogens (tertiary/aromatic N) is 1. The summed E-state index contributed by atoms with van der Waals surface area (Å²) in [5.74, 6) is 0. The third-order valence-electron chi connectivity index (χ3n) is 2.09. The number of hydrogen-bond acceptors (Lipinski definition) is 3. The van der Waals surface area contributed by atoms with Gasteiger partial charge in [-0.1, -0.05) is 24.3 Å². The van der Waals surface area contributed by atoms with Gasteiger partial charge in [-0.2, -0.15) is 0 Å². The molecule has 0 N–H and O–H groups in total. The van der Waals surface area contributed by atoms with Gasteiger partial charge in [0.2, 0.25) is 0 Å². The van der Waals surface area contributed by atoms with Crippen molar-refractivity contribution >= 4 is 10.0 Å². The standard InChI is InChI=1S/C11H9NO3S/c13-11-8-4-5-9-12(11)16(14,15)10-6-2-1-3-7-10/h1-9H. The van der Waals surface area contributed by atoms with E-state index >= 15 is 0 Å². The lowest BCUT2D eigenvalue weighted by molar-refractivity contribution is 0.585. The number of rotatable bonds is 2. The van der Waals surface area contributed by atoms with Gasteiger partial charge >= 0.3 is 0 Å². The molecule has 16 heavy (non-hydrogen) atoms. The summed E-state index contributed by atoms with van der Waals surface area (Å²) >= 11 is 0. The predicted molar refractivity (Wildman–Crippen MR) is 59.7 cm³/mol. The molecule has 5 heteroatoms. The number of pyridine rings is 1. The van der Waals surface area contributed by atoms with Crippen LogP contribution in [0.4, 0.5) is 0 Å². The maximum Gasteiger partial charge on any atom is 0.270 e. The minimum Gasteiger partial charge on any atom is -0.268 e. The Morgan fingerprint density at radius 3 is 2.12 bits per heavy atom. The van der Waals surface area contributed by atoms with Crippen molar-refractivity contribution in [3.8, 4) is 0 Å². The fourth-order valence-corrected chi connectivity index (χ4v) is 2.57. The average Bonchev–Trinajstić information content (AvgIpc) is 2.30. The first-order chi connectivity index (χ1) is 7.62. The Morgan fingerprint density at radius 2 is 1.50 bits per heavy atom. The summed E-state index contributed by atoms with van der Waals surface area (Å²) in [7, 11) is -3.77. The van der Waals surface area contributed by atoms with Gasteiger partial charge in [-0.3, -0.25) is 4.79 Å². The van der Waals surface area contributed by atoms with Crippen molar-refractivity contribution in [3.63, 3.8) is 0 Å². The van der Waals surface area contributed by atoms with E-state index in [9.17, 15) is 13.2 Å². The second kappa shape index (κ2) is 3.94. The van der Waals surface area contributed by atoms with Crippen LogP contribution in [0.5, 0.6) is 0 Å². The lowest BCUT2D eigenvalue weighted by Gasteiger charge is -2.06. The molecular weight excluding hydrogens is 226 g/mol. The Kier molecular flexibility index (Phi) is 2.62. The molecule has 2 rings (SSSR count). The number of hydrogen-bond donors (Lipinski definition) is 0. The summed E-state index contributed by atoms with van der Waals surface area (Å²) in [6, 6.07) is 12.1. The first-order valence-electron chi connectivity index (χ1n) is 4.61. The van der Waals surface area contributed by atoms with E-state index in [1.54, 1.807) is 18.2 Å². The highest BCUT2D eigenvalue weighted by molar-refractivity contribution is 7.90. The van der Waals surface area contributed by atoms with Gasteiger partial charge in [0.1, 0.15) is 0 Å². The van der Waals surface area contributed by atoms with E-state index in [1.165, 1.54) is 36.5 Å². The Labute approximate surface area is 92.8 Å². The molecule has 0 fully saturated rings. The van der Waals surface area contributed by atoms with Crippen molar-refractivity contribution in [2.24, 2.45) is 0 Å². The van der Waals surface area contributed by atoms with Gasteiger partial charge in [0, 0.05) is 12.3 Å². The van der Waals surface area contributed by atoms with Crippen molar-refractivity contribution in [2.45, 2.75) is 4.90 Å². The first-order valence-corrected chi connectivity index (χ1v) is 6.05. The highest BCUT2D eigenvalue weighted by Gasteiger charge is 2.16. The van der Waals surface area contributed by atoms with Crippen molar-refractivity contribution in [1.29, 1.82) is 0 Å². The molecule has 0 aliphatic heterocycles. The average molecular weight is 235 g/mol. The van der Waals surface area contributed by atoms with Crippen LogP contribution in [-0.4, -0.2) is 12.4 Å². The quantitative estimate of drug-likeness (QED) is 0.782. The highest BCUT2D eigenvalue weighted by atomic mass is 32.2. The van der Waals surface area contributed by atoms with Crippen molar-refractivity contribution in [3.05, 3.63) is 65.1 Å². The Balaban J connectivity index is 2.66. The van der Waals surface area contributed by atoms with Crippen LogP contribution in [0.1, 0.15) is 0 Å². The smallest absolute Gasteiger partial charge is 0.268 e. The molecule has 0 aliphatic rings. The molecule has 1 aromatic carbocycles. The van der Waals surface area contributed by atoms with Crippen molar-refractivity contribution in [2.75, 3.05) is 0 Å². The van der Waals surface area contributed by atoms with Crippen LogP contribution in [-0.2, 0) is 10.0 Å². The normalized spacial score (nSPS) is 11.2. The van der Waals surface area contributed by atoms with Crippen LogP contribution in [0.15, 0.2) is 64.4 Å². The summed E-state index contributed by atoms with van der Waals surface area (Å²) in [4.78, 5) is 11.5. The largest absolute Gasteiger partial charge is 0.270 e. The minimum absolute atomic E-state index is 0.100. The van der Waals surface area contributed by atoms with Crippen LogP contribution in [0.2, 0.25) is 0 Å². The van der Waals surface area contributed by atoms with Gasteiger partial charge < -0.3 is 0 Å². The van der Waals surface area contributed by atoms with Gasteiger partial charge in [0.15, 0.2) is 0 Å². The molecule has 2 aromatic rings. The maximum atomic E-state index is 12.0. The highest BCUT2D eigenvalue weighted by Crippen LogP contribution is 2.10. The molecule has 0 atom stereocenters. The Bertz CT molecular complexity index is 644. The summed E-state index contributed by atoms with van der Waals surface area (Å²) in [5, 5.41) is 0. The van der Waals surface area contributed by atoms with Crippen molar-refractivity contribution in [1.82, 2.24) is 3.97 Å². The van der Waals surface area contributed by atoms with E-state index in [4.69, 9.17) is 0 Å². The SMILES string of the molecule is O=c1ccccn1S(=O)(=O)c1ccccc1. The molecule has 0 unspecified atom stereocenters.